The van der Waals surface area contributed by atoms with Crippen LogP contribution in [-0.4, -0.2) is 80.3 Å². The third kappa shape index (κ3) is 4.46. The van der Waals surface area contributed by atoms with Gasteiger partial charge in [0.1, 0.15) is 24.5 Å². The quantitative estimate of drug-likeness (QED) is 0.207. The highest BCUT2D eigenvalue weighted by Crippen LogP contribution is 2.36. The van der Waals surface area contributed by atoms with Crippen molar-refractivity contribution < 1.29 is 28.9 Å². The first-order valence-corrected chi connectivity index (χ1v) is 9.36. The molecule has 14 heteroatoms. The molecular formula is C17H24N8O6. The van der Waals surface area contributed by atoms with Crippen LogP contribution in [0.25, 0.3) is 11.2 Å². The van der Waals surface area contributed by atoms with Crippen molar-refractivity contribution in [2.24, 2.45) is 16.6 Å². The first kappa shape index (κ1) is 22.5. The minimum absolute atomic E-state index is 0.291. The summed E-state index contributed by atoms with van der Waals surface area (Å²) in [6.45, 7) is 5.71. The number of imidazole rings is 1. The monoisotopic (exact) mass is 436 g/mol. The molecule has 14 nitrogen and oxygen atoms in total. The van der Waals surface area contributed by atoms with E-state index in [1.54, 1.807) is 0 Å². The van der Waals surface area contributed by atoms with Gasteiger partial charge in [0.25, 0.3) is 0 Å². The topological polar surface area (TPSA) is 202 Å². The van der Waals surface area contributed by atoms with Crippen molar-refractivity contribution in [2.75, 3.05) is 12.0 Å². The first-order chi connectivity index (χ1) is 14.8. The lowest BCUT2D eigenvalue weighted by molar-refractivity contribution is -0.169. The highest BCUT2D eigenvalue weighted by Gasteiger charge is 2.51. The average Bonchev–Trinajstić information content (AvgIpc) is 3.30. The van der Waals surface area contributed by atoms with Crippen LogP contribution in [0.2, 0.25) is 0 Å². The Kier molecular flexibility index (Phi) is 6.74. The number of nitrogens with zero attached hydrogens (tertiary/aromatic N) is 5. The number of rotatable bonds is 8. The van der Waals surface area contributed by atoms with E-state index in [-0.39, 0.29) is 0 Å². The Morgan fingerprint density at radius 2 is 1.90 bits per heavy atom. The smallest absolute Gasteiger partial charge is 0.323 e. The highest BCUT2D eigenvalue weighted by atomic mass is 16.6. The highest BCUT2D eigenvalue weighted by molar-refractivity contribution is 5.82. The second-order valence-electron chi connectivity index (χ2n) is 6.94. The molecule has 2 aromatic rings. The number of fused-ring (bicyclic) bond motifs is 1. The van der Waals surface area contributed by atoms with Crippen LogP contribution in [0.1, 0.15) is 20.1 Å². The van der Waals surface area contributed by atoms with Gasteiger partial charge in [-0.3, -0.25) is 19.6 Å². The molecule has 1 saturated heterocycles. The molecule has 0 aliphatic carbocycles. The number of hydrogen-bond donors (Lipinski definition) is 4. The van der Waals surface area contributed by atoms with E-state index < -0.39 is 55.2 Å². The second-order valence-corrected chi connectivity index (χ2v) is 6.94. The van der Waals surface area contributed by atoms with Crippen LogP contribution in [0, 0.1) is 0 Å². The molecule has 0 bridgehead atoms. The number of aliphatic hydroxyl groups is 1. The normalized spacial score (nSPS) is 25.1. The minimum Gasteiger partial charge on any atom is -0.454 e. The van der Waals surface area contributed by atoms with Gasteiger partial charge in [0, 0.05) is 6.72 Å². The van der Waals surface area contributed by atoms with Gasteiger partial charge in [0.2, 0.25) is 0 Å². The van der Waals surface area contributed by atoms with E-state index in [1.165, 1.54) is 31.1 Å². The van der Waals surface area contributed by atoms with E-state index in [1.807, 2.05) is 0 Å². The molecule has 0 radical (unpaired) electrons. The van der Waals surface area contributed by atoms with Gasteiger partial charge in [-0.25, -0.2) is 15.0 Å². The molecule has 3 heterocycles. The zero-order chi connectivity index (χ0) is 22.7. The molecule has 2 aromatic heterocycles. The number of hydrazone groups is 1. The predicted molar refractivity (Wildman–Crippen MR) is 107 cm³/mol. The number of nitrogens with two attached hydrogens (primary N) is 2. The zero-order valence-corrected chi connectivity index (χ0v) is 16.9. The molecule has 6 N–H and O–H groups in total. The molecule has 0 saturated carbocycles. The van der Waals surface area contributed by atoms with Gasteiger partial charge in [0.15, 0.2) is 35.4 Å². The summed E-state index contributed by atoms with van der Waals surface area (Å²) in [5.41, 5.74) is 14.5. The first-order valence-electron chi connectivity index (χ1n) is 9.36. The number of ether oxygens (including phenoxy) is 3. The number of hydrogen-bond acceptors (Lipinski definition) is 13. The van der Waals surface area contributed by atoms with Crippen LogP contribution in [0.15, 0.2) is 17.8 Å². The Bertz CT molecular complexity index is 963. The molecular weight excluding hydrogens is 412 g/mol. The molecule has 0 unspecified atom stereocenters. The van der Waals surface area contributed by atoms with Crippen LogP contribution in [0.3, 0.4) is 0 Å². The average molecular weight is 436 g/mol. The Balaban J connectivity index is 2.03. The third-order valence-corrected chi connectivity index (χ3v) is 4.53. The van der Waals surface area contributed by atoms with Gasteiger partial charge in [-0.15, -0.1) is 0 Å². The van der Waals surface area contributed by atoms with E-state index in [0.29, 0.717) is 17.0 Å². The fraction of sp³-hybridized carbons (Fsp3) is 0.529. The maximum Gasteiger partial charge on any atom is 0.323 e. The van der Waals surface area contributed by atoms with Gasteiger partial charge < -0.3 is 30.8 Å². The predicted octanol–water partition coefficient (Wildman–Crippen LogP) is -1.74. The Hall–Kier alpha value is -3.20. The summed E-state index contributed by atoms with van der Waals surface area (Å²) in [5.74, 6) is -1.22. The lowest BCUT2D eigenvalue weighted by Crippen LogP contribution is -2.45. The van der Waals surface area contributed by atoms with Crippen molar-refractivity contribution in [2.45, 2.75) is 50.5 Å². The number of carbonyl (C=O) groups is 2. The van der Waals surface area contributed by atoms with E-state index in [2.05, 4.69) is 32.2 Å². The summed E-state index contributed by atoms with van der Waals surface area (Å²) in [6.07, 6.45) is -1.72. The lowest BCUT2D eigenvalue weighted by Gasteiger charge is -2.25. The van der Waals surface area contributed by atoms with Crippen molar-refractivity contribution in [1.82, 2.24) is 19.5 Å². The summed E-state index contributed by atoms with van der Waals surface area (Å²) in [5, 5.41) is 13.4. The van der Waals surface area contributed by atoms with Crippen LogP contribution in [-0.2, 0) is 23.8 Å². The van der Waals surface area contributed by atoms with Crippen molar-refractivity contribution in [3.05, 3.63) is 12.7 Å². The SMILES string of the molecule is C=NNc1ncnc2c1ncn2[C@@H]1O[C@H](CO)[C@@H](OC(=O)[C@H](C)N)[C@H]1OC(=O)[C@H](C)N. The Morgan fingerprint density at radius 3 is 2.48 bits per heavy atom. The van der Waals surface area contributed by atoms with Gasteiger partial charge in [0.05, 0.1) is 12.9 Å². The third-order valence-electron chi connectivity index (χ3n) is 4.53. The fourth-order valence-electron chi connectivity index (χ4n) is 3.02. The Labute approximate surface area is 176 Å². The largest absolute Gasteiger partial charge is 0.454 e. The van der Waals surface area contributed by atoms with Crippen molar-refractivity contribution in [1.29, 1.82) is 0 Å². The zero-order valence-electron chi connectivity index (χ0n) is 16.9. The lowest BCUT2D eigenvalue weighted by atomic mass is 10.1. The molecule has 0 amide bonds. The van der Waals surface area contributed by atoms with E-state index in [0.717, 1.165) is 0 Å². The van der Waals surface area contributed by atoms with E-state index in [4.69, 9.17) is 25.7 Å². The molecule has 3 rings (SSSR count). The summed E-state index contributed by atoms with van der Waals surface area (Å²) >= 11 is 0. The van der Waals surface area contributed by atoms with Gasteiger partial charge in [-0.1, -0.05) is 0 Å². The van der Waals surface area contributed by atoms with Crippen molar-refractivity contribution in [3.8, 4) is 0 Å². The van der Waals surface area contributed by atoms with Crippen LogP contribution in [0.4, 0.5) is 5.82 Å². The maximum absolute atomic E-state index is 12.3. The molecule has 6 atom stereocenters. The van der Waals surface area contributed by atoms with Gasteiger partial charge >= 0.3 is 11.9 Å². The summed E-state index contributed by atoms with van der Waals surface area (Å²) < 4.78 is 18.2. The molecule has 1 fully saturated rings. The number of carbonyl (C=O) groups excluding carboxylic acids is 2. The molecule has 31 heavy (non-hydrogen) atoms. The van der Waals surface area contributed by atoms with Crippen LogP contribution in [0.5, 0.6) is 0 Å². The molecule has 1 aliphatic heterocycles. The minimum atomic E-state index is -1.17. The standard InChI is InChI=1S/C17H24N8O6/c1-7(18)16(27)30-11-9(4-26)29-15(12(11)31-17(28)8(2)19)25-6-23-10-13(24-20-3)21-5-22-14(10)25/h5-9,11-12,15,26H,3-4,18-19H2,1-2H3,(H,21,22,24)/t7-,8-,9+,11+,12+,15+/m0/s1. The van der Waals surface area contributed by atoms with E-state index >= 15 is 0 Å². The van der Waals surface area contributed by atoms with Gasteiger partial charge in [-0.2, -0.15) is 5.10 Å². The number of aromatic nitrogens is 4. The van der Waals surface area contributed by atoms with Crippen molar-refractivity contribution >= 4 is 35.6 Å². The van der Waals surface area contributed by atoms with Crippen molar-refractivity contribution in [3.63, 3.8) is 0 Å². The Morgan fingerprint density at radius 1 is 1.26 bits per heavy atom. The molecule has 0 aromatic carbocycles. The number of aliphatic hydroxyl groups excluding tert-OH is 1. The number of anilines is 1. The fourth-order valence-corrected chi connectivity index (χ4v) is 3.02. The maximum atomic E-state index is 12.3. The molecule has 0 spiro atoms. The van der Waals surface area contributed by atoms with Gasteiger partial charge in [-0.05, 0) is 13.8 Å². The molecule has 168 valence electrons. The second kappa shape index (κ2) is 9.30. The van der Waals surface area contributed by atoms with Crippen LogP contribution < -0.4 is 16.9 Å². The summed E-state index contributed by atoms with van der Waals surface area (Å²) in [4.78, 5) is 36.9. The number of nitrogens with one attached hydrogen (secondary N) is 1. The summed E-state index contributed by atoms with van der Waals surface area (Å²) in [7, 11) is 0. The van der Waals surface area contributed by atoms with Crippen LogP contribution >= 0.6 is 0 Å². The molecule has 1 aliphatic rings. The van der Waals surface area contributed by atoms with E-state index in [9.17, 15) is 14.7 Å². The number of esters is 2. The summed E-state index contributed by atoms with van der Waals surface area (Å²) in [6, 6.07) is -1.89.